The van der Waals surface area contributed by atoms with Gasteiger partial charge in [-0.1, -0.05) is 12.1 Å². The Balaban J connectivity index is 1.53. The molecule has 1 N–H and O–H groups in total. The van der Waals surface area contributed by atoms with Gasteiger partial charge in [-0.25, -0.2) is 9.50 Å². The highest BCUT2D eigenvalue weighted by Gasteiger charge is 2.35. The number of nitrogens with zero attached hydrogens (tertiary/aromatic N) is 5. The van der Waals surface area contributed by atoms with E-state index in [1.807, 2.05) is 24.3 Å². The molecule has 4 aromatic rings. The van der Waals surface area contributed by atoms with Crippen molar-refractivity contribution in [2.45, 2.75) is 19.6 Å². The van der Waals surface area contributed by atoms with Gasteiger partial charge in [0.1, 0.15) is 11.4 Å². The predicted octanol–water partition coefficient (Wildman–Crippen LogP) is 3.56. The molecule has 8 nitrogen and oxygen atoms in total. The minimum Gasteiger partial charge on any atom is -0.497 e. The van der Waals surface area contributed by atoms with Crippen LogP contribution < -0.4 is 10.1 Å². The van der Waals surface area contributed by atoms with E-state index in [9.17, 15) is 18.0 Å². The second-order valence-electron chi connectivity index (χ2n) is 6.81. The summed E-state index contributed by atoms with van der Waals surface area (Å²) in [6.45, 7) is 1.89. The molecule has 0 spiro atoms. The lowest BCUT2D eigenvalue weighted by Gasteiger charge is -2.09. The lowest BCUT2D eigenvalue weighted by Crippen LogP contribution is -2.15. The molecule has 0 aliphatic heterocycles. The molecule has 0 atom stereocenters. The fourth-order valence-electron chi connectivity index (χ4n) is 3.08. The zero-order chi connectivity index (χ0) is 22.2. The number of rotatable bonds is 5. The van der Waals surface area contributed by atoms with Crippen LogP contribution in [0.15, 0.2) is 48.8 Å². The molecule has 3 heterocycles. The number of carbonyl (C=O) groups excluding carboxylic acids is 1. The minimum absolute atomic E-state index is 0.0637. The van der Waals surface area contributed by atoms with Crippen LogP contribution in [0.1, 0.15) is 27.4 Å². The molecule has 0 saturated carbocycles. The Morgan fingerprint density at radius 2 is 2.03 bits per heavy atom. The lowest BCUT2D eigenvalue weighted by molar-refractivity contribution is -0.142. The zero-order valence-electron chi connectivity index (χ0n) is 16.5. The maximum Gasteiger partial charge on any atom is 0.433 e. The first-order chi connectivity index (χ1) is 14.7. The van der Waals surface area contributed by atoms with Crippen LogP contribution in [-0.4, -0.2) is 37.4 Å². The van der Waals surface area contributed by atoms with Gasteiger partial charge in [-0.15, -0.1) is 0 Å². The lowest BCUT2D eigenvalue weighted by atomic mass is 10.2. The second kappa shape index (κ2) is 7.74. The summed E-state index contributed by atoms with van der Waals surface area (Å²) in [5, 5.41) is 10.6. The van der Waals surface area contributed by atoms with Crippen molar-refractivity contribution in [3.63, 3.8) is 0 Å². The van der Waals surface area contributed by atoms with E-state index in [-0.39, 0.29) is 17.0 Å². The van der Waals surface area contributed by atoms with Crippen LogP contribution in [0.5, 0.6) is 5.75 Å². The number of fused-ring (bicyclic) bond motifs is 1. The fourth-order valence-corrected chi connectivity index (χ4v) is 3.08. The second-order valence-corrected chi connectivity index (χ2v) is 6.81. The van der Waals surface area contributed by atoms with Crippen molar-refractivity contribution >= 4 is 17.2 Å². The van der Waals surface area contributed by atoms with Gasteiger partial charge >= 0.3 is 6.18 Å². The molecule has 4 rings (SSSR count). The monoisotopic (exact) mass is 430 g/mol. The van der Waals surface area contributed by atoms with E-state index in [1.165, 1.54) is 19.2 Å². The molecule has 31 heavy (non-hydrogen) atoms. The zero-order valence-corrected chi connectivity index (χ0v) is 16.5. The molecule has 0 unspecified atom stereocenters. The minimum atomic E-state index is -4.63. The van der Waals surface area contributed by atoms with Gasteiger partial charge in [-0.2, -0.15) is 23.4 Å². The van der Waals surface area contributed by atoms with Crippen molar-refractivity contribution in [3.8, 4) is 5.75 Å². The van der Waals surface area contributed by atoms with Crippen LogP contribution in [0.4, 0.5) is 18.9 Å². The summed E-state index contributed by atoms with van der Waals surface area (Å²) in [4.78, 5) is 16.5. The Bertz CT molecular complexity index is 1260. The number of halogens is 3. The highest BCUT2D eigenvalue weighted by atomic mass is 19.4. The number of alkyl halides is 3. The van der Waals surface area contributed by atoms with Crippen LogP contribution in [0.25, 0.3) is 5.65 Å². The smallest absolute Gasteiger partial charge is 0.433 e. The van der Waals surface area contributed by atoms with Gasteiger partial charge in [0.05, 0.1) is 25.5 Å². The van der Waals surface area contributed by atoms with Gasteiger partial charge in [0.25, 0.3) is 5.91 Å². The molecule has 3 aromatic heterocycles. The Labute approximate surface area is 174 Å². The number of nitrogens with one attached hydrogen (secondary N) is 1. The van der Waals surface area contributed by atoms with E-state index in [4.69, 9.17) is 4.74 Å². The van der Waals surface area contributed by atoms with Crippen molar-refractivity contribution < 1.29 is 22.7 Å². The average Bonchev–Trinajstić information content (AvgIpc) is 3.33. The van der Waals surface area contributed by atoms with Gasteiger partial charge in [-0.3, -0.25) is 9.48 Å². The molecule has 1 aromatic carbocycles. The third-order valence-electron chi connectivity index (χ3n) is 4.45. The van der Waals surface area contributed by atoms with Crippen molar-refractivity contribution in [1.29, 1.82) is 0 Å². The maximum absolute atomic E-state index is 13.3. The highest BCUT2D eigenvalue weighted by molar-refractivity contribution is 6.03. The topological polar surface area (TPSA) is 86.3 Å². The highest BCUT2D eigenvalue weighted by Crippen LogP contribution is 2.30. The van der Waals surface area contributed by atoms with Crippen LogP contribution in [0.2, 0.25) is 0 Å². The molecule has 0 saturated heterocycles. The van der Waals surface area contributed by atoms with Gasteiger partial charge in [-0.05, 0) is 30.7 Å². The third kappa shape index (κ3) is 4.34. The molecule has 0 aliphatic carbocycles. The first-order valence-electron chi connectivity index (χ1n) is 9.14. The quantitative estimate of drug-likeness (QED) is 0.523. The fraction of sp³-hybridized carbons (Fsp3) is 0.200. The third-order valence-corrected chi connectivity index (χ3v) is 4.45. The Morgan fingerprint density at radius 1 is 1.23 bits per heavy atom. The number of aromatic nitrogens is 5. The van der Waals surface area contributed by atoms with Crippen molar-refractivity contribution in [1.82, 2.24) is 24.4 Å². The summed E-state index contributed by atoms with van der Waals surface area (Å²) in [5.74, 6) is 0.0457. The number of amides is 1. The van der Waals surface area contributed by atoms with Crippen LogP contribution in [0, 0.1) is 6.92 Å². The normalized spacial score (nSPS) is 11.6. The van der Waals surface area contributed by atoms with Gasteiger partial charge in [0.15, 0.2) is 11.3 Å². The summed E-state index contributed by atoms with van der Waals surface area (Å²) in [6, 6.07) is 9.54. The first-order valence-corrected chi connectivity index (χ1v) is 9.14. The predicted molar refractivity (Wildman–Crippen MR) is 105 cm³/mol. The van der Waals surface area contributed by atoms with E-state index in [0.29, 0.717) is 22.5 Å². The number of ether oxygens (including phenoxy) is 1. The van der Waals surface area contributed by atoms with Gasteiger partial charge in [0, 0.05) is 18.0 Å². The van der Waals surface area contributed by atoms with Gasteiger partial charge < -0.3 is 10.1 Å². The van der Waals surface area contributed by atoms with E-state index in [2.05, 4.69) is 20.5 Å². The summed E-state index contributed by atoms with van der Waals surface area (Å²) in [6.07, 6.45) is -1.58. The number of anilines is 1. The summed E-state index contributed by atoms with van der Waals surface area (Å²) >= 11 is 0. The number of hydrogen-bond donors (Lipinski definition) is 1. The number of benzene rings is 1. The molecule has 0 aliphatic rings. The molecule has 0 radical (unpaired) electrons. The molecular formula is C20H17F3N6O2. The molecule has 0 fully saturated rings. The van der Waals surface area contributed by atoms with Crippen molar-refractivity contribution in [2.24, 2.45) is 0 Å². The standard InChI is InChI=1S/C20H17F3N6O2/c1-12-6-17(20(21,22)23)29-18(25-12)8-16(27-29)19(30)26-14-9-24-28(11-14)10-13-4-3-5-15(7-13)31-2/h3-9,11H,10H2,1-2H3,(H,26,30). The summed E-state index contributed by atoms with van der Waals surface area (Å²) in [7, 11) is 1.58. The van der Waals surface area contributed by atoms with Gasteiger partial charge in [0.2, 0.25) is 0 Å². The van der Waals surface area contributed by atoms with Crippen molar-refractivity contribution in [2.75, 3.05) is 12.4 Å². The molecular weight excluding hydrogens is 413 g/mol. The van der Waals surface area contributed by atoms with Crippen LogP contribution in [-0.2, 0) is 12.7 Å². The Kier molecular flexibility index (Phi) is 5.09. The number of hydrogen-bond acceptors (Lipinski definition) is 5. The van der Waals surface area contributed by atoms with Crippen LogP contribution in [0.3, 0.4) is 0 Å². The largest absolute Gasteiger partial charge is 0.497 e. The Morgan fingerprint density at radius 3 is 2.77 bits per heavy atom. The van der Waals surface area contributed by atoms with E-state index in [1.54, 1.807) is 18.0 Å². The summed E-state index contributed by atoms with van der Waals surface area (Å²) in [5.41, 5.74) is 0.243. The van der Waals surface area contributed by atoms with E-state index in [0.717, 1.165) is 11.6 Å². The molecule has 11 heteroatoms. The summed E-state index contributed by atoms with van der Waals surface area (Å²) < 4.78 is 47.3. The SMILES string of the molecule is COc1cccc(Cn2cc(NC(=O)c3cc4nc(C)cc(C(F)(F)F)n4n3)cn2)c1. The van der Waals surface area contributed by atoms with E-state index < -0.39 is 17.8 Å². The molecule has 160 valence electrons. The first kappa shape index (κ1) is 20.4. The number of carbonyl (C=O) groups is 1. The van der Waals surface area contributed by atoms with Crippen molar-refractivity contribution in [3.05, 3.63) is 71.4 Å². The maximum atomic E-state index is 13.3. The Hall–Kier alpha value is -3.89. The van der Waals surface area contributed by atoms with E-state index >= 15 is 0 Å². The molecule has 1 amide bonds. The molecule has 0 bridgehead atoms. The van der Waals surface area contributed by atoms with Crippen LogP contribution >= 0.6 is 0 Å². The number of methoxy groups -OCH3 is 1. The number of aryl methyl sites for hydroxylation is 1. The average molecular weight is 430 g/mol.